The average molecular weight is 321 g/mol. The molecule has 2 aromatic rings. The number of phenolic OH excluding ortho intramolecular Hbond substituents is 1. The van der Waals surface area contributed by atoms with Crippen molar-refractivity contribution in [3.8, 4) is 5.75 Å². The van der Waals surface area contributed by atoms with Gasteiger partial charge in [0.1, 0.15) is 23.0 Å². The number of benzene rings is 2. The summed E-state index contributed by atoms with van der Waals surface area (Å²) in [6.45, 7) is 1.10. The molecule has 2 aromatic carbocycles. The lowest BCUT2D eigenvalue weighted by atomic mass is 9.95. The first-order valence-electron chi connectivity index (χ1n) is 7.00. The summed E-state index contributed by atoms with van der Waals surface area (Å²) in [5, 5.41) is 22.1. The van der Waals surface area contributed by atoms with Gasteiger partial charge in [0.05, 0.1) is 13.0 Å². The summed E-state index contributed by atoms with van der Waals surface area (Å²) in [7, 11) is 0. The quantitative estimate of drug-likeness (QED) is 0.791. The molecule has 0 aliphatic heterocycles. The van der Waals surface area contributed by atoms with Crippen LogP contribution in [0.25, 0.3) is 0 Å². The van der Waals surface area contributed by atoms with Crippen molar-refractivity contribution < 1.29 is 23.8 Å². The molecule has 0 aliphatic carbocycles. The zero-order chi connectivity index (χ0) is 17.0. The smallest absolute Gasteiger partial charge is 0.224 e. The molecule has 1 unspecified atom stereocenters. The summed E-state index contributed by atoms with van der Waals surface area (Å²) in [6.07, 6.45) is 0.0103. The van der Waals surface area contributed by atoms with E-state index >= 15 is 0 Å². The molecule has 0 aromatic heterocycles. The second kappa shape index (κ2) is 6.75. The van der Waals surface area contributed by atoms with E-state index in [2.05, 4.69) is 5.32 Å². The molecule has 0 saturated heterocycles. The van der Waals surface area contributed by atoms with Gasteiger partial charge in [-0.3, -0.25) is 4.79 Å². The third kappa shape index (κ3) is 4.50. The van der Waals surface area contributed by atoms with Gasteiger partial charge in [0.15, 0.2) is 0 Å². The van der Waals surface area contributed by atoms with Crippen LogP contribution < -0.4 is 5.32 Å². The molecule has 122 valence electrons. The van der Waals surface area contributed by atoms with Gasteiger partial charge in [0.25, 0.3) is 0 Å². The molecule has 0 heterocycles. The zero-order valence-corrected chi connectivity index (χ0v) is 12.5. The Bertz CT molecular complexity index is 717. The van der Waals surface area contributed by atoms with Crippen molar-refractivity contribution >= 4 is 5.91 Å². The highest BCUT2D eigenvalue weighted by atomic mass is 19.1. The van der Waals surface area contributed by atoms with E-state index in [1.807, 2.05) is 0 Å². The number of carbonyl (C=O) groups is 1. The van der Waals surface area contributed by atoms with Gasteiger partial charge in [-0.2, -0.15) is 0 Å². The number of aromatic hydroxyl groups is 1. The van der Waals surface area contributed by atoms with Crippen LogP contribution in [0, 0.1) is 11.6 Å². The maximum atomic E-state index is 13.7. The average Bonchev–Trinajstić information content (AvgIpc) is 2.45. The van der Waals surface area contributed by atoms with Crippen LogP contribution in [0.15, 0.2) is 42.5 Å². The topological polar surface area (TPSA) is 69.6 Å². The number of hydrogen-bond donors (Lipinski definition) is 3. The first-order valence-corrected chi connectivity index (χ1v) is 7.00. The van der Waals surface area contributed by atoms with E-state index in [-0.39, 0.29) is 24.3 Å². The molecule has 0 spiro atoms. The van der Waals surface area contributed by atoms with Crippen LogP contribution in [0.1, 0.15) is 18.1 Å². The van der Waals surface area contributed by atoms with Crippen LogP contribution in [0.3, 0.4) is 0 Å². The number of rotatable bonds is 5. The minimum atomic E-state index is -1.67. The van der Waals surface area contributed by atoms with E-state index in [0.717, 1.165) is 12.1 Å². The van der Waals surface area contributed by atoms with Gasteiger partial charge in [-0.1, -0.05) is 18.2 Å². The Morgan fingerprint density at radius 3 is 2.61 bits per heavy atom. The lowest BCUT2D eigenvalue weighted by molar-refractivity contribution is -0.121. The van der Waals surface area contributed by atoms with Gasteiger partial charge >= 0.3 is 0 Å². The standard InChI is InChI=1S/C17H17F2NO3/c1-17(23,14-6-5-12(18)9-15(14)19)10-20-16(22)8-11-3-2-4-13(21)7-11/h2-7,9,21,23H,8,10H2,1H3,(H,20,22). The van der Waals surface area contributed by atoms with Crippen molar-refractivity contribution in [1.29, 1.82) is 0 Å². The Hall–Kier alpha value is -2.47. The molecule has 1 amide bonds. The molecule has 0 saturated carbocycles. The summed E-state index contributed by atoms with van der Waals surface area (Å²) in [5.74, 6) is -1.96. The third-order valence-corrected chi connectivity index (χ3v) is 3.42. The van der Waals surface area contributed by atoms with Crippen molar-refractivity contribution in [3.05, 3.63) is 65.2 Å². The Morgan fingerprint density at radius 1 is 1.22 bits per heavy atom. The first-order chi connectivity index (χ1) is 10.8. The largest absolute Gasteiger partial charge is 0.508 e. The van der Waals surface area contributed by atoms with E-state index in [0.29, 0.717) is 11.6 Å². The number of halogens is 2. The maximum Gasteiger partial charge on any atom is 0.224 e. The molecule has 0 fully saturated rings. The highest BCUT2D eigenvalue weighted by molar-refractivity contribution is 5.78. The van der Waals surface area contributed by atoms with Crippen molar-refractivity contribution in [2.75, 3.05) is 6.54 Å². The van der Waals surface area contributed by atoms with E-state index < -0.39 is 23.1 Å². The summed E-state index contributed by atoms with van der Waals surface area (Å²) in [4.78, 5) is 11.9. The number of aliphatic hydroxyl groups is 1. The lowest BCUT2D eigenvalue weighted by Crippen LogP contribution is -2.39. The Kier molecular flexibility index (Phi) is 4.95. The van der Waals surface area contributed by atoms with E-state index in [9.17, 15) is 23.8 Å². The van der Waals surface area contributed by atoms with Crippen LogP contribution in [0.5, 0.6) is 5.75 Å². The number of amides is 1. The molecule has 3 N–H and O–H groups in total. The van der Waals surface area contributed by atoms with E-state index in [1.165, 1.54) is 19.1 Å². The number of hydrogen-bond acceptors (Lipinski definition) is 3. The van der Waals surface area contributed by atoms with Crippen molar-refractivity contribution in [2.45, 2.75) is 18.9 Å². The fourth-order valence-electron chi connectivity index (χ4n) is 2.21. The molecule has 2 rings (SSSR count). The van der Waals surface area contributed by atoms with Crippen LogP contribution in [-0.2, 0) is 16.8 Å². The number of phenols is 1. The molecular weight excluding hydrogens is 304 g/mol. The molecule has 0 aliphatic rings. The molecule has 0 radical (unpaired) electrons. The van der Waals surface area contributed by atoms with Crippen molar-refractivity contribution in [1.82, 2.24) is 5.32 Å². The molecule has 1 atom stereocenters. The summed E-state index contributed by atoms with van der Waals surface area (Å²) >= 11 is 0. The van der Waals surface area contributed by atoms with Crippen molar-refractivity contribution in [2.24, 2.45) is 0 Å². The normalized spacial score (nSPS) is 13.4. The van der Waals surface area contributed by atoms with Gasteiger partial charge < -0.3 is 15.5 Å². The zero-order valence-electron chi connectivity index (χ0n) is 12.5. The predicted octanol–water partition coefficient (Wildman–Crippen LogP) is 2.24. The van der Waals surface area contributed by atoms with Crippen LogP contribution in [0.4, 0.5) is 8.78 Å². The minimum absolute atomic E-state index is 0.0103. The van der Waals surface area contributed by atoms with Gasteiger partial charge in [0, 0.05) is 11.6 Å². The monoisotopic (exact) mass is 321 g/mol. The number of nitrogens with one attached hydrogen (secondary N) is 1. The lowest BCUT2D eigenvalue weighted by Gasteiger charge is -2.24. The molecular formula is C17H17F2NO3. The van der Waals surface area contributed by atoms with Gasteiger partial charge in [-0.05, 0) is 30.7 Å². The summed E-state index contributed by atoms with van der Waals surface area (Å²) in [5.41, 5.74) is -1.17. The number of carbonyl (C=O) groups excluding carboxylic acids is 1. The molecule has 4 nitrogen and oxygen atoms in total. The highest BCUT2D eigenvalue weighted by Gasteiger charge is 2.27. The fourth-order valence-corrected chi connectivity index (χ4v) is 2.21. The third-order valence-electron chi connectivity index (χ3n) is 3.42. The van der Waals surface area contributed by atoms with Crippen LogP contribution in [-0.4, -0.2) is 22.7 Å². The second-order valence-corrected chi connectivity index (χ2v) is 5.52. The predicted molar refractivity (Wildman–Crippen MR) is 80.7 cm³/mol. The van der Waals surface area contributed by atoms with Crippen LogP contribution in [0.2, 0.25) is 0 Å². The first kappa shape index (κ1) is 16.9. The van der Waals surface area contributed by atoms with Gasteiger partial charge in [0.2, 0.25) is 5.91 Å². The van der Waals surface area contributed by atoms with Crippen molar-refractivity contribution in [3.63, 3.8) is 0 Å². The van der Waals surface area contributed by atoms with Gasteiger partial charge in [-0.25, -0.2) is 8.78 Å². The summed E-state index contributed by atoms with van der Waals surface area (Å²) in [6, 6.07) is 9.10. The highest BCUT2D eigenvalue weighted by Crippen LogP contribution is 2.23. The second-order valence-electron chi connectivity index (χ2n) is 5.52. The molecule has 23 heavy (non-hydrogen) atoms. The maximum absolute atomic E-state index is 13.7. The van der Waals surface area contributed by atoms with Crippen LogP contribution >= 0.6 is 0 Å². The fraction of sp³-hybridized carbons (Fsp3) is 0.235. The Labute approximate surface area is 132 Å². The summed E-state index contributed by atoms with van der Waals surface area (Å²) < 4.78 is 26.6. The molecule has 6 heteroatoms. The Morgan fingerprint density at radius 2 is 1.96 bits per heavy atom. The minimum Gasteiger partial charge on any atom is -0.508 e. The Balaban J connectivity index is 1.99. The molecule has 0 bridgehead atoms. The SMILES string of the molecule is CC(O)(CNC(=O)Cc1cccc(O)c1)c1ccc(F)cc1F. The van der Waals surface area contributed by atoms with E-state index in [4.69, 9.17) is 0 Å². The van der Waals surface area contributed by atoms with E-state index in [1.54, 1.807) is 12.1 Å². The van der Waals surface area contributed by atoms with Gasteiger partial charge in [-0.15, -0.1) is 0 Å².